The normalized spacial score (nSPS) is 21.5. The maximum atomic E-state index is 12.7. The SMILES string of the molecule is O=C1CN(S(=O)(=O)c2cccc(C(=O)N3CCCC3C(=O)O)c2)CCN1. The van der Waals surface area contributed by atoms with Crippen molar-refractivity contribution in [1.82, 2.24) is 14.5 Å². The van der Waals surface area contributed by atoms with Crippen LogP contribution in [0.3, 0.4) is 0 Å². The van der Waals surface area contributed by atoms with Crippen molar-refractivity contribution in [2.24, 2.45) is 0 Å². The average molecular weight is 381 g/mol. The number of nitrogens with zero attached hydrogens (tertiary/aromatic N) is 2. The van der Waals surface area contributed by atoms with E-state index in [0.717, 1.165) is 4.31 Å². The molecule has 2 amide bonds. The van der Waals surface area contributed by atoms with E-state index in [0.29, 0.717) is 19.4 Å². The highest BCUT2D eigenvalue weighted by molar-refractivity contribution is 7.89. The Balaban J connectivity index is 1.87. The minimum atomic E-state index is -3.92. The lowest BCUT2D eigenvalue weighted by atomic mass is 10.1. The topological polar surface area (TPSA) is 124 Å². The molecule has 2 saturated heterocycles. The van der Waals surface area contributed by atoms with Gasteiger partial charge in [0, 0.05) is 25.2 Å². The third-order valence-corrected chi connectivity index (χ3v) is 6.36. The Hall–Kier alpha value is -2.46. The molecule has 1 aromatic rings. The molecular weight excluding hydrogens is 362 g/mol. The standard InChI is InChI=1S/C16H19N3O6S/c20-14-10-18(8-6-17-14)26(24,25)12-4-1-3-11(9-12)15(21)19-7-2-5-13(19)16(22)23/h1,3-4,9,13H,2,5-8,10H2,(H,17,20)(H,22,23). The first kappa shape index (κ1) is 18.3. The van der Waals surface area contributed by atoms with E-state index in [4.69, 9.17) is 0 Å². The van der Waals surface area contributed by atoms with E-state index >= 15 is 0 Å². The highest BCUT2D eigenvalue weighted by atomic mass is 32.2. The first-order valence-corrected chi connectivity index (χ1v) is 9.65. The van der Waals surface area contributed by atoms with Crippen molar-refractivity contribution < 1.29 is 27.9 Å². The molecule has 0 saturated carbocycles. The van der Waals surface area contributed by atoms with Gasteiger partial charge in [-0.05, 0) is 31.0 Å². The van der Waals surface area contributed by atoms with Crippen molar-refractivity contribution >= 4 is 27.8 Å². The molecule has 0 aromatic heterocycles. The van der Waals surface area contributed by atoms with E-state index in [2.05, 4.69) is 5.32 Å². The maximum Gasteiger partial charge on any atom is 0.326 e. The van der Waals surface area contributed by atoms with E-state index in [1.54, 1.807) is 0 Å². The molecule has 0 aliphatic carbocycles. The number of nitrogens with one attached hydrogen (secondary N) is 1. The summed E-state index contributed by atoms with van der Waals surface area (Å²) >= 11 is 0. The number of sulfonamides is 1. The van der Waals surface area contributed by atoms with Crippen LogP contribution in [0.25, 0.3) is 0 Å². The second kappa shape index (κ2) is 7.04. The summed E-state index contributed by atoms with van der Waals surface area (Å²) in [5, 5.41) is 11.8. The quantitative estimate of drug-likeness (QED) is 0.724. The van der Waals surface area contributed by atoms with E-state index in [-0.39, 0.29) is 36.0 Å². The van der Waals surface area contributed by atoms with E-state index < -0.39 is 27.9 Å². The Morgan fingerprint density at radius 3 is 2.69 bits per heavy atom. The average Bonchev–Trinajstić information content (AvgIpc) is 3.11. The number of benzene rings is 1. The second-order valence-electron chi connectivity index (χ2n) is 6.21. The summed E-state index contributed by atoms with van der Waals surface area (Å²) in [4.78, 5) is 36.6. The third kappa shape index (κ3) is 3.42. The highest BCUT2D eigenvalue weighted by Gasteiger charge is 2.35. The fourth-order valence-electron chi connectivity index (χ4n) is 3.19. The highest BCUT2D eigenvalue weighted by Crippen LogP contribution is 2.23. The number of carbonyl (C=O) groups excluding carboxylic acids is 2. The fourth-order valence-corrected chi connectivity index (χ4v) is 4.63. The van der Waals surface area contributed by atoms with Crippen LogP contribution in [0.4, 0.5) is 0 Å². The van der Waals surface area contributed by atoms with Crippen LogP contribution >= 0.6 is 0 Å². The molecule has 0 radical (unpaired) electrons. The van der Waals surface area contributed by atoms with Crippen LogP contribution in [0, 0.1) is 0 Å². The molecule has 10 heteroatoms. The number of hydrogen-bond donors (Lipinski definition) is 2. The number of rotatable bonds is 4. The molecule has 1 unspecified atom stereocenters. The smallest absolute Gasteiger partial charge is 0.326 e. The summed E-state index contributed by atoms with van der Waals surface area (Å²) in [6, 6.07) is 4.60. The predicted molar refractivity (Wildman–Crippen MR) is 89.9 cm³/mol. The monoisotopic (exact) mass is 381 g/mol. The van der Waals surface area contributed by atoms with Crippen LogP contribution in [0.1, 0.15) is 23.2 Å². The number of carboxylic acids is 1. The Morgan fingerprint density at radius 1 is 1.23 bits per heavy atom. The van der Waals surface area contributed by atoms with Gasteiger partial charge in [0.05, 0.1) is 11.4 Å². The summed E-state index contributed by atoms with van der Waals surface area (Å²) in [6.45, 7) is 0.428. The third-order valence-electron chi connectivity index (χ3n) is 4.52. The van der Waals surface area contributed by atoms with Crippen molar-refractivity contribution in [2.45, 2.75) is 23.8 Å². The minimum absolute atomic E-state index is 0.0934. The van der Waals surface area contributed by atoms with Gasteiger partial charge in [-0.25, -0.2) is 13.2 Å². The number of carboxylic acid groups (broad SMARTS) is 1. The van der Waals surface area contributed by atoms with Crippen molar-refractivity contribution in [3.8, 4) is 0 Å². The molecule has 140 valence electrons. The molecule has 9 nitrogen and oxygen atoms in total. The molecule has 2 aliphatic heterocycles. The zero-order chi connectivity index (χ0) is 18.9. The van der Waals surface area contributed by atoms with E-state index in [1.165, 1.54) is 29.2 Å². The lowest BCUT2D eigenvalue weighted by molar-refractivity contribution is -0.141. The van der Waals surface area contributed by atoms with Gasteiger partial charge in [-0.1, -0.05) is 6.07 Å². The minimum Gasteiger partial charge on any atom is -0.480 e. The summed E-state index contributed by atoms with van der Waals surface area (Å²) in [5.74, 6) is -1.96. The summed E-state index contributed by atoms with van der Waals surface area (Å²) in [5.41, 5.74) is 0.112. The van der Waals surface area contributed by atoms with Gasteiger partial charge in [0.25, 0.3) is 5.91 Å². The van der Waals surface area contributed by atoms with Crippen LogP contribution < -0.4 is 5.32 Å². The zero-order valence-electron chi connectivity index (χ0n) is 13.9. The Kier molecular flexibility index (Phi) is 4.97. The fraction of sp³-hybridized carbons (Fsp3) is 0.438. The van der Waals surface area contributed by atoms with Crippen LogP contribution in [0.15, 0.2) is 29.2 Å². The van der Waals surface area contributed by atoms with Crippen LogP contribution in [0.5, 0.6) is 0 Å². The zero-order valence-corrected chi connectivity index (χ0v) is 14.7. The molecule has 2 heterocycles. The van der Waals surface area contributed by atoms with Crippen LogP contribution in [0.2, 0.25) is 0 Å². The molecule has 1 aromatic carbocycles. The summed E-state index contributed by atoms with van der Waals surface area (Å²) in [6.07, 6.45) is 0.964. The number of piperazine rings is 1. The number of carbonyl (C=O) groups is 3. The maximum absolute atomic E-state index is 12.7. The van der Waals surface area contributed by atoms with Crippen molar-refractivity contribution in [3.05, 3.63) is 29.8 Å². The van der Waals surface area contributed by atoms with Gasteiger partial charge < -0.3 is 15.3 Å². The predicted octanol–water partition coefficient (Wildman–Crippen LogP) is -0.504. The number of likely N-dealkylation sites (tertiary alicyclic amines) is 1. The van der Waals surface area contributed by atoms with Gasteiger partial charge in [-0.2, -0.15) is 4.31 Å². The Bertz CT molecular complexity index is 853. The van der Waals surface area contributed by atoms with Crippen LogP contribution in [-0.2, 0) is 19.6 Å². The molecule has 3 rings (SSSR count). The molecule has 1 atom stereocenters. The molecule has 26 heavy (non-hydrogen) atoms. The molecule has 2 fully saturated rings. The Labute approximate surface area is 150 Å². The van der Waals surface area contributed by atoms with Crippen molar-refractivity contribution in [2.75, 3.05) is 26.2 Å². The van der Waals surface area contributed by atoms with E-state index in [1.807, 2.05) is 0 Å². The molecule has 0 spiro atoms. The van der Waals surface area contributed by atoms with Gasteiger partial charge in [-0.15, -0.1) is 0 Å². The van der Waals surface area contributed by atoms with Gasteiger partial charge in [-0.3, -0.25) is 9.59 Å². The summed E-state index contributed by atoms with van der Waals surface area (Å²) < 4.78 is 26.5. The number of hydrogen-bond acceptors (Lipinski definition) is 5. The lowest BCUT2D eigenvalue weighted by Crippen LogP contribution is -2.49. The van der Waals surface area contributed by atoms with Gasteiger partial charge in [0.15, 0.2) is 0 Å². The van der Waals surface area contributed by atoms with Gasteiger partial charge >= 0.3 is 5.97 Å². The number of aliphatic carboxylic acids is 1. The molecular formula is C16H19N3O6S. The van der Waals surface area contributed by atoms with Crippen molar-refractivity contribution in [3.63, 3.8) is 0 Å². The van der Waals surface area contributed by atoms with Crippen LogP contribution in [-0.4, -0.2) is 72.7 Å². The molecule has 0 bridgehead atoms. The largest absolute Gasteiger partial charge is 0.480 e. The first-order valence-electron chi connectivity index (χ1n) is 8.21. The second-order valence-corrected chi connectivity index (χ2v) is 8.15. The van der Waals surface area contributed by atoms with Gasteiger partial charge in [0.1, 0.15) is 6.04 Å². The molecule has 2 aliphatic rings. The van der Waals surface area contributed by atoms with E-state index in [9.17, 15) is 27.9 Å². The first-order chi connectivity index (χ1) is 12.3. The summed E-state index contributed by atoms with van der Waals surface area (Å²) in [7, 11) is -3.92. The number of amides is 2. The molecule has 2 N–H and O–H groups in total. The lowest BCUT2D eigenvalue weighted by Gasteiger charge is -2.26. The van der Waals surface area contributed by atoms with Crippen molar-refractivity contribution in [1.29, 1.82) is 0 Å². The van der Waals surface area contributed by atoms with Gasteiger partial charge in [0.2, 0.25) is 15.9 Å². The Morgan fingerprint density at radius 2 is 2.00 bits per heavy atom.